The molecule has 0 radical (unpaired) electrons. The minimum absolute atomic E-state index is 0.253. The summed E-state index contributed by atoms with van der Waals surface area (Å²) in [6, 6.07) is 15.1. The van der Waals surface area contributed by atoms with E-state index in [1.807, 2.05) is 18.2 Å². The Kier molecular flexibility index (Phi) is 4.22. The topological polar surface area (TPSA) is 59.9 Å². The molecule has 1 saturated heterocycles. The van der Waals surface area contributed by atoms with Crippen molar-refractivity contribution in [1.82, 2.24) is 0 Å². The second-order valence-corrected chi connectivity index (χ2v) is 10.9. The number of hydrogen-bond donors (Lipinski definition) is 0. The SMILES string of the molecule is CC1(C)S[C@@]2(SC(Cc3ccccc3)=NC2(C)C)C(C#N)[C@@H]1C#N. The van der Waals surface area contributed by atoms with Crippen molar-refractivity contribution in [1.29, 1.82) is 10.5 Å². The van der Waals surface area contributed by atoms with E-state index >= 15 is 0 Å². The number of hydrogen-bond acceptors (Lipinski definition) is 5. The fourth-order valence-electron chi connectivity index (χ4n) is 3.68. The van der Waals surface area contributed by atoms with Crippen LogP contribution in [0.25, 0.3) is 0 Å². The minimum Gasteiger partial charge on any atom is -0.274 e. The van der Waals surface area contributed by atoms with E-state index in [2.05, 4.69) is 52.0 Å². The van der Waals surface area contributed by atoms with E-state index < -0.39 is 4.08 Å². The molecule has 0 amide bonds. The molecule has 2 heterocycles. The molecule has 24 heavy (non-hydrogen) atoms. The Hall–Kier alpha value is -1.43. The van der Waals surface area contributed by atoms with Gasteiger partial charge >= 0.3 is 0 Å². The molecule has 1 aromatic carbocycles. The monoisotopic (exact) mass is 355 g/mol. The van der Waals surface area contributed by atoms with Crippen molar-refractivity contribution in [3.05, 3.63) is 35.9 Å². The van der Waals surface area contributed by atoms with Crippen LogP contribution in [0.3, 0.4) is 0 Å². The summed E-state index contributed by atoms with van der Waals surface area (Å²) in [6.07, 6.45) is 0.785. The Morgan fingerprint density at radius 1 is 1.04 bits per heavy atom. The first kappa shape index (κ1) is 17.4. The van der Waals surface area contributed by atoms with Crippen LogP contribution in [0.5, 0.6) is 0 Å². The number of nitrogens with zero attached hydrogens (tertiary/aromatic N) is 3. The Bertz CT molecular complexity index is 755. The summed E-state index contributed by atoms with van der Waals surface area (Å²) in [5, 5.41) is 20.6. The van der Waals surface area contributed by atoms with Crippen LogP contribution in [-0.2, 0) is 6.42 Å². The molecule has 5 heteroatoms. The highest BCUT2D eigenvalue weighted by Gasteiger charge is 2.67. The van der Waals surface area contributed by atoms with Crippen LogP contribution in [0.1, 0.15) is 33.3 Å². The normalized spacial score (nSPS) is 33.0. The molecule has 0 bridgehead atoms. The lowest BCUT2D eigenvalue weighted by Gasteiger charge is -2.37. The van der Waals surface area contributed by atoms with Crippen molar-refractivity contribution in [2.75, 3.05) is 0 Å². The smallest absolute Gasteiger partial charge is 0.109 e. The summed E-state index contributed by atoms with van der Waals surface area (Å²) in [5.74, 6) is -0.620. The zero-order valence-electron chi connectivity index (χ0n) is 14.4. The summed E-state index contributed by atoms with van der Waals surface area (Å²) < 4.78 is -0.646. The summed E-state index contributed by atoms with van der Waals surface area (Å²) in [7, 11) is 0. The van der Waals surface area contributed by atoms with Crippen LogP contribution >= 0.6 is 23.5 Å². The van der Waals surface area contributed by atoms with Crippen LogP contribution in [0.4, 0.5) is 0 Å². The van der Waals surface area contributed by atoms with Crippen molar-refractivity contribution in [2.24, 2.45) is 16.8 Å². The molecule has 1 unspecified atom stereocenters. The van der Waals surface area contributed by atoms with Crippen molar-refractivity contribution >= 4 is 28.6 Å². The molecule has 124 valence electrons. The molecule has 1 fully saturated rings. The van der Waals surface area contributed by atoms with E-state index in [4.69, 9.17) is 4.99 Å². The van der Waals surface area contributed by atoms with Gasteiger partial charge in [0.2, 0.25) is 0 Å². The molecule has 0 aromatic heterocycles. The van der Waals surface area contributed by atoms with Gasteiger partial charge in [-0.3, -0.25) is 4.99 Å². The average Bonchev–Trinajstić information content (AvgIpc) is 2.88. The quantitative estimate of drug-likeness (QED) is 0.774. The van der Waals surface area contributed by atoms with Crippen LogP contribution in [0, 0.1) is 34.5 Å². The molecule has 3 atom stereocenters. The second-order valence-electron chi connectivity index (χ2n) is 7.42. The lowest BCUT2D eigenvalue weighted by molar-refractivity contribution is 0.356. The Balaban J connectivity index is 1.96. The fourth-order valence-corrected chi connectivity index (χ4v) is 7.96. The first-order valence-corrected chi connectivity index (χ1v) is 9.70. The minimum atomic E-state index is -0.393. The van der Waals surface area contributed by atoms with Gasteiger partial charge < -0.3 is 0 Å². The van der Waals surface area contributed by atoms with Gasteiger partial charge in [0.05, 0.1) is 34.6 Å². The molecule has 3 rings (SSSR count). The predicted octanol–water partition coefficient (Wildman–Crippen LogP) is 4.65. The summed E-state index contributed by atoms with van der Waals surface area (Å²) in [6.45, 7) is 8.36. The van der Waals surface area contributed by atoms with E-state index in [1.54, 1.807) is 23.5 Å². The van der Waals surface area contributed by atoms with E-state index in [0.29, 0.717) is 0 Å². The maximum Gasteiger partial charge on any atom is 0.109 e. The summed E-state index contributed by atoms with van der Waals surface area (Å²) >= 11 is 3.48. The summed E-state index contributed by atoms with van der Waals surface area (Å²) in [5.41, 5.74) is 0.847. The van der Waals surface area contributed by atoms with Gasteiger partial charge in [-0.05, 0) is 33.3 Å². The first-order valence-electron chi connectivity index (χ1n) is 8.07. The second kappa shape index (κ2) is 5.83. The highest BCUT2D eigenvalue weighted by Crippen LogP contribution is 2.68. The molecular weight excluding hydrogens is 334 g/mol. The van der Waals surface area contributed by atoms with E-state index in [0.717, 1.165) is 11.5 Å². The van der Waals surface area contributed by atoms with Gasteiger partial charge in [-0.25, -0.2) is 0 Å². The average molecular weight is 356 g/mol. The third kappa shape index (κ3) is 2.55. The number of nitriles is 2. The first-order chi connectivity index (χ1) is 11.3. The number of rotatable bonds is 2. The highest BCUT2D eigenvalue weighted by atomic mass is 32.2. The third-order valence-electron chi connectivity index (χ3n) is 4.91. The maximum atomic E-state index is 9.85. The molecule has 3 nitrogen and oxygen atoms in total. The maximum absolute atomic E-state index is 9.85. The van der Waals surface area contributed by atoms with Gasteiger partial charge in [-0.15, -0.1) is 11.8 Å². The fraction of sp³-hybridized carbons (Fsp3) is 0.526. The predicted molar refractivity (Wildman–Crippen MR) is 102 cm³/mol. The van der Waals surface area contributed by atoms with Crippen LogP contribution in [0.2, 0.25) is 0 Å². The molecule has 0 saturated carbocycles. The van der Waals surface area contributed by atoms with Gasteiger partial charge in [0, 0.05) is 11.2 Å². The lowest BCUT2D eigenvalue weighted by Crippen LogP contribution is -2.44. The standard InChI is InChI=1S/C19H21N3S2/c1-17(2)14(11-20)15(12-21)19(24-17)18(3,4)22-16(23-19)10-13-8-6-5-7-9-13/h5-9,14-15H,10H2,1-4H3/t14-,15?,19-/m0/s1. The van der Waals surface area contributed by atoms with Crippen molar-refractivity contribution in [3.8, 4) is 12.1 Å². The molecule has 0 aliphatic carbocycles. The zero-order valence-corrected chi connectivity index (χ0v) is 16.0. The molecule has 2 aliphatic heterocycles. The Labute approximate surface area is 152 Å². The molecule has 2 aliphatic rings. The number of thioether (sulfide) groups is 2. The van der Waals surface area contributed by atoms with Gasteiger partial charge in [-0.1, -0.05) is 42.1 Å². The number of benzene rings is 1. The lowest BCUT2D eigenvalue weighted by atomic mass is 9.78. The Morgan fingerprint density at radius 3 is 2.25 bits per heavy atom. The van der Waals surface area contributed by atoms with E-state index in [-0.39, 0.29) is 22.1 Å². The van der Waals surface area contributed by atoms with Crippen molar-refractivity contribution < 1.29 is 0 Å². The van der Waals surface area contributed by atoms with Gasteiger partial charge in [0.25, 0.3) is 0 Å². The van der Waals surface area contributed by atoms with Gasteiger partial charge in [0.15, 0.2) is 0 Å². The third-order valence-corrected chi connectivity index (χ3v) is 8.77. The van der Waals surface area contributed by atoms with Gasteiger partial charge in [0.1, 0.15) is 4.08 Å². The Morgan fingerprint density at radius 2 is 1.67 bits per heavy atom. The molecule has 1 spiro atoms. The van der Waals surface area contributed by atoms with Crippen LogP contribution in [-0.4, -0.2) is 19.4 Å². The van der Waals surface area contributed by atoms with E-state index in [1.165, 1.54) is 5.56 Å². The van der Waals surface area contributed by atoms with Crippen LogP contribution < -0.4 is 0 Å². The van der Waals surface area contributed by atoms with Crippen molar-refractivity contribution in [3.63, 3.8) is 0 Å². The molecule has 1 aromatic rings. The van der Waals surface area contributed by atoms with Crippen LogP contribution in [0.15, 0.2) is 35.3 Å². The zero-order chi connectivity index (χ0) is 17.6. The molecule has 0 N–H and O–H groups in total. The highest BCUT2D eigenvalue weighted by molar-refractivity contribution is 8.27. The largest absolute Gasteiger partial charge is 0.274 e. The van der Waals surface area contributed by atoms with Crippen molar-refractivity contribution in [2.45, 2.75) is 48.5 Å². The molecular formula is C19H21N3S2. The number of aliphatic imine (C=N–C) groups is 1. The van der Waals surface area contributed by atoms with Gasteiger partial charge in [-0.2, -0.15) is 10.5 Å². The summed E-state index contributed by atoms with van der Waals surface area (Å²) in [4.78, 5) is 4.98. The van der Waals surface area contributed by atoms with E-state index in [9.17, 15) is 10.5 Å².